The smallest absolute Gasteiger partial charge is 0.307 e. The maximum absolute atomic E-state index is 12.3. The Labute approximate surface area is 116 Å². The highest BCUT2D eigenvalue weighted by Gasteiger charge is 2.41. The van der Waals surface area contributed by atoms with Gasteiger partial charge in [-0.05, 0) is 12.8 Å². The largest absolute Gasteiger partial charge is 0.469 e. The summed E-state index contributed by atoms with van der Waals surface area (Å²) in [5, 5.41) is -0.383. The van der Waals surface area contributed by atoms with Crippen LogP contribution in [0.25, 0.3) is 0 Å². The van der Waals surface area contributed by atoms with Gasteiger partial charge in [-0.15, -0.1) is 0 Å². The highest BCUT2D eigenvalue weighted by atomic mass is 32.2. The molecule has 1 heterocycles. The Balaban J connectivity index is 2.02. The fraction of sp³-hybridized carbons (Fsp3) is 0.750. The van der Waals surface area contributed by atoms with Crippen molar-refractivity contribution in [2.45, 2.75) is 49.8 Å². The molecule has 100 valence electrons. The van der Waals surface area contributed by atoms with E-state index in [0.29, 0.717) is 4.32 Å². The van der Waals surface area contributed by atoms with E-state index in [4.69, 9.17) is 12.2 Å². The Hall–Kier alpha value is -0.620. The van der Waals surface area contributed by atoms with Crippen molar-refractivity contribution in [1.29, 1.82) is 0 Å². The molecule has 1 amide bonds. The number of nitrogens with zero attached hydrogens (tertiary/aromatic N) is 1. The normalized spacial score (nSPS) is 25.6. The first kappa shape index (κ1) is 13.8. The van der Waals surface area contributed by atoms with E-state index in [-0.39, 0.29) is 29.6 Å². The van der Waals surface area contributed by atoms with Crippen molar-refractivity contribution in [3.05, 3.63) is 0 Å². The van der Waals surface area contributed by atoms with Crippen molar-refractivity contribution in [1.82, 2.24) is 4.90 Å². The fourth-order valence-electron chi connectivity index (χ4n) is 2.51. The number of carbonyl (C=O) groups excluding carboxylic acids is 2. The van der Waals surface area contributed by atoms with Gasteiger partial charge < -0.3 is 4.74 Å². The Morgan fingerprint density at radius 1 is 1.44 bits per heavy atom. The second-order valence-corrected chi connectivity index (χ2v) is 6.49. The number of amides is 1. The van der Waals surface area contributed by atoms with Crippen LogP contribution in [0.2, 0.25) is 0 Å². The molecular formula is C12H17NO3S2. The average Bonchev–Trinajstić information content (AvgIpc) is 2.65. The van der Waals surface area contributed by atoms with Crippen molar-refractivity contribution in [3.63, 3.8) is 0 Å². The lowest BCUT2D eigenvalue weighted by atomic mass is 9.94. The standard InChI is InChI=1S/C12H17NO3S2/c1-16-10(14)7-9-11(15)13(12(17)18-9)8-5-3-2-4-6-8/h8-9H,2-7H2,1H3/t9-/m0/s1. The minimum absolute atomic E-state index is 0.0118. The molecule has 0 aromatic carbocycles. The second-order valence-electron chi connectivity index (χ2n) is 4.65. The van der Waals surface area contributed by atoms with Crippen molar-refractivity contribution >= 4 is 40.2 Å². The SMILES string of the molecule is COC(=O)C[C@@H]1SC(=S)N(C2CCCCC2)C1=O. The quantitative estimate of drug-likeness (QED) is 0.588. The van der Waals surface area contributed by atoms with Gasteiger partial charge in [-0.2, -0.15) is 0 Å². The van der Waals surface area contributed by atoms with Crippen LogP contribution in [0.3, 0.4) is 0 Å². The molecular weight excluding hydrogens is 270 g/mol. The third-order valence-electron chi connectivity index (χ3n) is 3.47. The topological polar surface area (TPSA) is 46.6 Å². The van der Waals surface area contributed by atoms with Crippen molar-refractivity contribution in [2.24, 2.45) is 0 Å². The molecule has 0 N–H and O–H groups in total. The number of rotatable bonds is 3. The summed E-state index contributed by atoms with van der Waals surface area (Å²) in [6, 6.07) is 0.244. The Bertz CT molecular complexity index is 366. The van der Waals surface area contributed by atoms with Crippen molar-refractivity contribution < 1.29 is 14.3 Å². The molecule has 0 aromatic heterocycles. The minimum atomic E-state index is -0.383. The molecule has 0 radical (unpaired) electrons. The molecule has 1 aliphatic heterocycles. The maximum atomic E-state index is 12.3. The Morgan fingerprint density at radius 2 is 2.11 bits per heavy atom. The fourth-order valence-corrected chi connectivity index (χ4v) is 4.12. The second kappa shape index (κ2) is 6.02. The van der Waals surface area contributed by atoms with Crippen LogP contribution >= 0.6 is 24.0 Å². The summed E-state index contributed by atoms with van der Waals surface area (Å²) in [5.74, 6) is -0.364. The third-order valence-corrected chi connectivity index (χ3v) is 5.01. The maximum Gasteiger partial charge on any atom is 0.307 e. The summed E-state index contributed by atoms with van der Waals surface area (Å²) in [6.45, 7) is 0. The molecule has 2 aliphatic rings. The van der Waals surface area contributed by atoms with E-state index in [2.05, 4.69) is 4.74 Å². The lowest BCUT2D eigenvalue weighted by molar-refractivity contribution is -0.142. The summed E-state index contributed by atoms with van der Waals surface area (Å²) in [6.07, 6.45) is 5.72. The third kappa shape index (κ3) is 2.85. The van der Waals surface area contributed by atoms with Crippen LogP contribution in [0.5, 0.6) is 0 Å². The summed E-state index contributed by atoms with van der Waals surface area (Å²) in [5.41, 5.74) is 0. The van der Waals surface area contributed by atoms with Gasteiger partial charge in [-0.1, -0.05) is 43.2 Å². The van der Waals surface area contributed by atoms with Crippen LogP contribution in [0.1, 0.15) is 38.5 Å². The van der Waals surface area contributed by atoms with E-state index < -0.39 is 0 Å². The first-order chi connectivity index (χ1) is 8.63. The lowest BCUT2D eigenvalue weighted by Crippen LogP contribution is -2.41. The van der Waals surface area contributed by atoms with Gasteiger partial charge in [0.1, 0.15) is 9.57 Å². The zero-order valence-electron chi connectivity index (χ0n) is 10.4. The number of carbonyl (C=O) groups is 2. The molecule has 1 aliphatic carbocycles. The van der Waals surface area contributed by atoms with Crippen LogP contribution in [0, 0.1) is 0 Å². The van der Waals surface area contributed by atoms with Crippen molar-refractivity contribution in [3.8, 4) is 0 Å². The van der Waals surface area contributed by atoms with E-state index in [0.717, 1.165) is 25.7 Å². The number of methoxy groups -OCH3 is 1. The number of thioether (sulfide) groups is 1. The molecule has 0 unspecified atom stereocenters. The summed E-state index contributed by atoms with van der Waals surface area (Å²) in [7, 11) is 1.34. The molecule has 0 aromatic rings. The first-order valence-corrected chi connectivity index (χ1v) is 7.52. The minimum Gasteiger partial charge on any atom is -0.469 e. The lowest BCUT2D eigenvalue weighted by Gasteiger charge is -2.30. The highest BCUT2D eigenvalue weighted by Crippen LogP contribution is 2.35. The summed E-state index contributed by atoms with van der Waals surface area (Å²) >= 11 is 6.61. The molecule has 0 bridgehead atoms. The average molecular weight is 287 g/mol. The molecule has 1 saturated heterocycles. The zero-order valence-corrected chi connectivity index (χ0v) is 12.0. The van der Waals surface area contributed by atoms with Crippen molar-refractivity contribution in [2.75, 3.05) is 7.11 Å². The molecule has 18 heavy (non-hydrogen) atoms. The van der Waals surface area contributed by atoms with Gasteiger partial charge in [0, 0.05) is 6.04 Å². The van der Waals surface area contributed by atoms with Gasteiger partial charge in [0.15, 0.2) is 0 Å². The predicted molar refractivity (Wildman–Crippen MR) is 74.3 cm³/mol. The molecule has 6 heteroatoms. The molecule has 1 saturated carbocycles. The Kier molecular flexibility index (Phi) is 4.61. The van der Waals surface area contributed by atoms with E-state index in [1.165, 1.54) is 25.3 Å². The van der Waals surface area contributed by atoms with E-state index in [1.54, 1.807) is 4.90 Å². The molecule has 4 nitrogen and oxygen atoms in total. The van der Waals surface area contributed by atoms with Crippen LogP contribution in [0.4, 0.5) is 0 Å². The summed E-state index contributed by atoms with van der Waals surface area (Å²) < 4.78 is 5.24. The van der Waals surface area contributed by atoms with E-state index >= 15 is 0 Å². The van der Waals surface area contributed by atoms with Gasteiger partial charge >= 0.3 is 5.97 Å². The molecule has 1 atom stereocenters. The van der Waals surface area contributed by atoms with Gasteiger partial charge in [0.05, 0.1) is 13.5 Å². The van der Waals surface area contributed by atoms with Crippen LogP contribution < -0.4 is 0 Å². The molecule has 2 rings (SSSR count). The van der Waals surface area contributed by atoms with E-state index in [1.807, 2.05) is 0 Å². The predicted octanol–water partition coefficient (Wildman–Crippen LogP) is 2.11. The highest BCUT2D eigenvalue weighted by molar-refractivity contribution is 8.24. The van der Waals surface area contributed by atoms with Gasteiger partial charge in [-0.3, -0.25) is 14.5 Å². The number of esters is 1. The van der Waals surface area contributed by atoms with Gasteiger partial charge in [0.25, 0.3) is 0 Å². The summed E-state index contributed by atoms with van der Waals surface area (Å²) in [4.78, 5) is 25.3. The van der Waals surface area contributed by atoms with Gasteiger partial charge in [0.2, 0.25) is 5.91 Å². The first-order valence-electron chi connectivity index (χ1n) is 6.24. The Morgan fingerprint density at radius 3 is 2.72 bits per heavy atom. The molecule has 2 fully saturated rings. The number of hydrogen-bond donors (Lipinski definition) is 0. The monoisotopic (exact) mass is 287 g/mol. The number of hydrogen-bond acceptors (Lipinski definition) is 5. The van der Waals surface area contributed by atoms with Crippen LogP contribution in [-0.4, -0.2) is 39.5 Å². The van der Waals surface area contributed by atoms with Crippen LogP contribution in [0.15, 0.2) is 0 Å². The van der Waals surface area contributed by atoms with Crippen LogP contribution in [-0.2, 0) is 14.3 Å². The molecule has 0 spiro atoms. The van der Waals surface area contributed by atoms with E-state index in [9.17, 15) is 9.59 Å². The zero-order chi connectivity index (χ0) is 13.1. The number of ether oxygens (including phenoxy) is 1. The number of thiocarbonyl (C=S) groups is 1. The van der Waals surface area contributed by atoms with Gasteiger partial charge in [-0.25, -0.2) is 0 Å².